The molecule has 0 fully saturated rings. The Morgan fingerprint density at radius 2 is 1.61 bits per heavy atom. The molecule has 0 spiro atoms. The Balaban J connectivity index is 2.04. The zero-order valence-electron chi connectivity index (χ0n) is 19.3. The first-order valence-electron chi connectivity index (χ1n) is 11.5. The van der Waals surface area contributed by atoms with Gasteiger partial charge in [0.1, 0.15) is 0 Å². The summed E-state index contributed by atoms with van der Waals surface area (Å²) in [6.45, 7) is 11.3. The van der Waals surface area contributed by atoms with E-state index in [9.17, 15) is 5.11 Å². The van der Waals surface area contributed by atoms with Crippen molar-refractivity contribution in [2.24, 2.45) is 0 Å². The second kappa shape index (κ2) is 11.1. The first-order valence-corrected chi connectivity index (χ1v) is 11.9. The molecular weight excluding hydrogens is 404 g/mol. The largest absolute Gasteiger partial charge is 0.387 e. The zero-order valence-corrected chi connectivity index (χ0v) is 20.0. The highest BCUT2D eigenvalue weighted by atomic mass is 35.5. The van der Waals surface area contributed by atoms with E-state index in [1.54, 1.807) is 0 Å². The van der Waals surface area contributed by atoms with Gasteiger partial charge in [-0.3, -0.25) is 0 Å². The molecule has 1 N–H and O–H groups in total. The minimum atomic E-state index is -0.563. The van der Waals surface area contributed by atoms with Gasteiger partial charge >= 0.3 is 0 Å². The molecule has 1 heterocycles. The van der Waals surface area contributed by atoms with Crippen LogP contribution in [0.5, 0.6) is 0 Å². The van der Waals surface area contributed by atoms with Gasteiger partial charge < -0.3 is 10.0 Å². The Hall–Kier alpha value is -1.94. The maximum Gasteiger partial charge on any atom is 0.0924 e. The summed E-state index contributed by atoms with van der Waals surface area (Å²) in [5, 5.41) is 13.2. The Bertz CT molecular complexity index is 992. The standard InChI is InChI=1S/C27H35ClN2O/c1-5-7-13-30(14-8-6-2)18-26(31)23-17-25(21-9-11-22(28)12-10-21)29-27-20(4)15-19(3)16-24(23)27/h9-12,15-17,26,31H,5-8,13-14,18H2,1-4H3/t26-/m0/s1. The van der Waals surface area contributed by atoms with Gasteiger partial charge in [0, 0.05) is 22.5 Å². The topological polar surface area (TPSA) is 36.4 Å². The van der Waals surface area contributed by atoms with Crippen LogP contribution in [0.2, 0.25) is 5.02 Å². The normalized spacial score (nSPS) is 12.6. The fourth-order valence-electron chi connectivity index (χ4n) is 4.15. The molecule has 0 radical (unpaired) electrons. The van der Waals surface area contributed by atoms with Crippen LogP contribution in [0.15, 0.2) is 42.5 Å². The lowest BCUT2D eigenvalue weighted by atomic mass is 9.96. The Kier molecular flexibility index (Phi) is 8.48. The van der Waals surface area contributed by atoms with Crippen molar-refractivity contribution in [3.05, 3.63) is 64.2 Å². The molecule has 0 bridgehead atoms. The molecule has 166 valence electrons. The minimum Gasteiger partial charge on any atom is -0.387 e. The molecule has 0 unspecified atom stereocenters. The number of aryl methyl sites for hydroxylation is 2. The maximum absolute atomic E-state index is 11.4. The van der Waals surface area contributed by atoms with Crippen LogP contribution in [0.1, 0.15) is 62.3 Å². The number of hydrogen-bond donors (Lipinski definition) is 1. The lowest BCUT2D eigenvalue weighted by molar-refractivity contribution is 0.112. The molecule has 0 saturated heterocycles. The summed E-state index contributed by atoms with van der Waals surface area (Å²) in [4.78, 5) is 7.38. The molecule has 31 heavy (non-hydrogen) atoms. The molecule has 1 atom stereocenters. The number of pyridine rings is 1. The second-order valence-corrected chi connectivity index (χ2v) is 9.04. The van der Waals surface area contributed by atoms with Gasteiger partial charge in [-0.2, -0.15) is 0 Å². The minimum absolute atomic E-state index is 0.563. The van der Waals surface area contributed by atoms with E-state index in [1.807, 2.05) is 24.3 Å². The number of hydrogen-bond acceptors (Lipinski definition) is 3. The van der Waals surface area contributed by atoms with Crippen molar-refractivity contribution in [3.8, 4) is 11.3 Å². The third kappa shape index (κ3) is 6.06. The van der Waals surface area contributed by atoms with Crippen molar-refractivity contribution in [3.63, 3.8) is 0 Å². The van der Waals surface area contributed by atoms with E-state index in [-0.39, 0.29) is 0 Å². The van der Waals surface area contributed by atoms with Gasteiger partial charge in [0.15, 0.2) is 0 Å². The number of benzene rings is 2. The van der Waals surface area contributed by atoms with E-state index in [0.29, 0.717) is 11.6 Å². The average molecular weight is 439 g/mol. The molecule has 0 aliphatic heterocycles. The van der Waals surface area contributed by atoms with E-state index in [0.717, 1.165) is 72.1 Å². The number of aromatic nitrogens is 1. The van der Waals surface area contributed by atoms with Crippen molar-refractivity contribution in [1.82, 2.24) is 9.88 Å². The molecule has 3 aromatic rings. The third-order valence-corrected chi connectivity index (χ3v) is 6.12. The Labute approximate surface area is 192 Å². The van der Waals surface area contributed by atoms with Crippen LogP contribution < -0.4 is 0 Å². The highest BCUT2D eigenvalue weighted by Crippen LogP contribution is 2.32. The van der Waals surface area contributed by atoms with Crippen LogP contribution in [-0.2, 0) is 0 Å². The first-order chi connectivity index (χ1) is 14.9. The lowest BCUT2D eigenvalue weighted by Crippen LogP contribution is -2.31. The van der Waals surface area contributed by atoms with Gasteiger partial charge in [-0.25, -0.2) is 4.98 Å². The summed E-state index contributed by atoms with van der Waals surface area (Å²) in [5.74, 6) is 0. The summed E-state index contributed by atoms with van der Waals surface area (Å²) >= 11 is 6.09. The van der Waals surface area contributed by atoms with Crippen molar-refractivity contribution < 1.29 is 5.11 Å². The van der Waals surface area contributed by atoms with Gasteiger partial charge in [-0.15, -0.1) is 0 Å². The highest BCUT2D eigenvalue weighted by molar-refractivity contribution is 6.30. The van der Waals surface area contributed by atoms with Gasteiger partial charge in [-0.05, 0) is 75.2 Å². The number of fused-ring (bicyclic) bond motifs is 1. The molecular formula is C27H35ClN2O. The van der Waals surface area contributed by atoms with Crippen molar-refractivity contribution in [2.75, 3.05) is 19.6 Å². The van der Waals surface area contributed by atoms with Crippen LogP contribution in [0.3, 0.4) is 0 Å². The fourth-order valence-corrected chi connectivity index (χ4v) is 4.28. The molecule has 0 amide bonds. The zero-order chi connectivity index (χ0) is 22.4. The quantitative estimate of drug-likeness (QED) is 0.366. The molecule has 4 heteroatoms. The number of unbranched alkanes of at least 4 members (excludes halogenated alkanes) is 2. The third-order valence-electron chi connectivity index (χ3n) is 5.87. The molecule has 3 nitrogen and oxygen atoms in total. The Morgan fingerprint density at radius 1 is 0.968 bits per heavy atom. The molecule has 1 aromatic heterocycles. The van der Waals surface area contributed by atoms with Gasteiger partial charge in [0.25, 0.3) is 0 Å². The van der Waals surface area contributed by atoms with E-state index in [1.165, 1.54) is 5.56 Å². The number of rotatable bonds is 10. The Morgan fingerprint density at radius 3 is 2.23 bits per heavy atom. The van der Waals surface area contributed by atoms with E-state index in [4.69, 9.17) is 16.6 Å². The van der Waals surface area contributed by atoms with Gasteiger partial charge in [0.05, 0.1) is 17.3 Å². The molecule has 0 aliphatic rings. The molecule has 2 aromatic carbocycles. The number of aliphatic hydroxyl groups is 1. The van der Waals surface area contributed by atoms with Gasteiger partial charge in [-0.1, -0.05) is 62.1 Å². The number of aliphatic hydroxyl groups excluding tert-OH is 1. The predicted octanol–water partition coefficient (Wildman–Crippen LogP) is 7.11. The second-order valence-electron chi connectivity index (χ2n) is 8.61. The van der Waals surface area contributed by atoms with Crippen LogP contribution in [0.4, 0.5) is 0 Å². The van der Waals surface area contributed by atoms with E-state index in [2.05, 4.69) is 50.8 Å². The van der Waals surface area contributed by atoms with Crippen LogP contribution in [0, 0.1) is 13.8 Å². The van der Waals surface area contributed by atoms with E-state index < -0.39 is 6.10 Å². The van der Waals surface area contributed by atoms with Crippen molar-refractivity contribution in [2.45, 2.75) is 59.5 Å². The van der Waals surface area contributed by atoms with Crippen LogP contribution >= 0.6 is 11.6 Å². The summed E-state index contributed by atoms with van der Waals surface area (Å²) in [5.41, 5.74) is 6.12. The van der Waals surface area contributed by atoms with Crippen LogP contribution in [0.25, 0.3) is 22.2 Å². The predicted molar refractivity (Wildman–Crippen MR) is 133 cm³/mol. The molecule has 0 saturated carbocycles. The number of nitrogens with zero attached hydrogens (tertiary/aromatic N) is 2. The fraction of sp³-hybridized carbons (Fsp3) is 0.444. The summed E-state index contributed by atoms with van der Waals surface area (Å²) in [7, 11) is 0. The van der Waals surface area contributed by atoms with Crippen molar-refractivity contribution >= 4 is 22.5 Å². The highest BCUT2D eigenvalue weighted by Gasteiger charge is 2.19. The first kappa shape index (κ1) is 23.7. The maximum atomic E-state index is 11.4. The summed E-state index contributed by atoms with van der Waals surface area (Å²) in [6.07, 6.45) is 4.07. The molecule has 3 rings (SSSR count). The SMILES string of the molecule is CCCCN(CCCC)C[C@H](O)c1cc(-c2ccc(Cl)cc2)nc2c(C)cc(C)cc12. The monoisotopic (exact) mass is 438 g/mol. The summed E-state index contributed by atoms with van der Waals surface area (Å²) < 4.78 is 0. The molecule has 0 aliphatic carbocycles. The smallest absolute Gasteiger partial charge is 0.0924 e. The lowest BCUT2D eigenvalue weighted by Gasteiger charge is -2.26. The average Bonchev–Trinajstić information content (AvgIpc) is 2.75. The number of halogens is 1. The van der Waals surface area contributed by atoms with E-state index >= 15 is 0 Å². The summed E-state index contributed by atoms with van der Waals surface area (Å²) in [6, 6.07) is 14.1. The van der Waals surface area contributed by atoms with Gasteiger partial charge in [0.2, 0.25) is 0 Å². The van der Waals surface area contributed by atoms with Crippen molar-refractivity contribution in [1.29, 1.82) is 0 Å². The van der Waals surface area contributed by atoms with Crippen LogP contribution in [-0.4, -0.2) is 34.6 Å².